The van der Waals surface area contributed by atoms with Crippen LogP contribution in [-0.2, 0) is 0 Å². The largest absolute Gasteiger partial charge is 1.00 e. The first-order valence-electron chi connectivity index (χ1n) is 1.32. The van der Waals surface area contributed by atoms with Gasteiger partial charge >= 0.3 is 88.7 Å². The second-order valence-corrected chi connectivity index (χ2v) is 0.577. The van der Waals surface area contributed by atoms with E-state index in [1.807, 2.05) is 0 Å². The van der Waals surface area contributed by atoms with Crippen LogP contribution in [0.5, 0.6) is 0 Å². The summed E-state index contributed by atoms with van der Waals surface area (Å²) in [6.07, 6.45) is 0. The molecule has 7 heavy (non-hydrogen) atoms. The second kappa shape index (κ2) is 23.1. The fourth-order valence-electron chi connectivity index (χ4n) is 0. The molecule has 0 heterocycles. The summed E-state index contributed by atoms with van der Waals surface area (Å²) in [5, 5.41) is 0. The van der Waals surface area contributed by atoms with E-state index in [9.17, 15) is 0 Å². The smallest absolute Gasteiger partial charge is 0.329 e. The molecule has 0 radical (unpaired) electrons. The molecule has 0 aliphatic carbocycles. The van der Waals surface area contributed by atoms with Gasteiger partial charge in [0.1, 0.15) is 0 Å². The molecule has 2 nitrogen and oxygen atoms in total. The van der Waals surface area contributed by atoms with Crippen LogP contribution in [0.25, 0.3) is 0 Å². The van der Waals surface area contributed by atoms with Crippen molar-refractivity contribution in [1.29, 1.82) is 0 Å². The van der Waals surface area contributed by atoms with Crippen molar-refractivity contribution in [3.05, 3.63) is 0 Å². The molecule has 0 unspecified atom stereocenters. The predicted octanol–water partition coefficient (Wildman–Crippen LogP) is -10.1. The summed E-state index contributed by atoms with van der Waals surface area (Å²) in [5.74, 6) is 0. The molecule has 0 aromatic rings. The van der Waals surface area contributed by atoms with Crippen molar-refractivity contribution in [2.45, 2.75) is 0 Å². The molecule has 0 atom stereocenters. The minimum atomic E-state index is 0. The predicted molar refractivity (Wildman–Crippen MR) is 18.1 cm³/mol. The fraction of sp³-hybridized carbons (Fsp3) is 1.00. The molecular formula is C2H8N2Na3+3. The molecule has 0 rings (SSSR count). The van der Waals surface area contributed by atoms with Crippen LogP contribution in [0.15, 0.2) is 0 Å². The topological polar surface area (TPSA) is 52.0 Å². The third kappa shape index (κ3) is 27.8. The van der Waals surface area contributed by atoms with E-state index in [2.05, 4.69) is 0 Å². The molecule has 0 aliphatic rings. The van der Waals surface area contributed by atoms with E-state index in [1.165, 1.54) is 0 Å². The Bertz CT molecular complexity index is 12.9. The molecular weight excluding hydrogens is 121 g/mol. The Kier molecular flexibility index (Phi) is 74.4. The van der Waals surface area contributed by atoms with Gasteiger partial charge in [-0.25, -0.2) is 0 Å². The van der Waals surface area contributed by atoms with Crippen LogP contribution in [-0.4, -0.2) is 13.1 Å². The van der Waals surface area contributed by atoms with E-state index in [-0.39, 0.29) is 88.7 Å². The van der Waals surface area contributed by atoms with Crippen LogP contribution in [0, 0.1) is 0 Å². The molecule has 0 bridgehead atoms. The molecule has 26 valence electrons. The number of rotatable bonds is 1. The van der Waals surface area contributed by atoms with Crippen molar-refractivity contribution >= 4 is 0 Å². The molecule has 0 aliphatic heterocycles. The Balaban J connectivity index is -0.0000000150. The summed E-state index contributed by atoms with van der Waals surface area (Å²) in [5.41, 5.74) is 9.81. The van der Waals surface area contributed by atoms with Crippen molar-refractivity contribution in [2.75, 3.05) is 13.1 Å². The van der Waals surface area contributed by atoms with E-state index < -0.39 is 0 Å². The molecule has 0 spiro atoms. The van der Waals surface area contributed by atoms with Crippen molar-refractivity contribution in [1.82, 2.24) is 0 Å². The molecule has 0 amide bonds. The number of nitrogens with two attached hydrogens (primary N) is 2. The third-order valence-corrected chi connectivity index (χ3v) is 0.167. The van der Waals surface area contributed by atoms with Gasteiger partial charge in [0.15, 0.2) is 0 Å². The van der Waals surface area contributed by atoms with Crippen molar-refractivity contribution < 1.29 is 88.7 Å². The van der Waals surface area contributed by atoms with Crippen molar-refractivity contribution in [2.24, 2.45) is 11.5 Å². The van der Waals surface area contributed by atoms with Gasteiger partial charge in [-0.3, -0.25) is 0 Å². The zero-order chi connectivity index (χ0) is 3.41. The van der Waals surface area contributed by atoms with Gasteiger partial charge in [0.2, 0.25) is 0 Å². The average molecular weight is 129 g/mol. The van der Waals surface area contributed by atoms with Crippen LogP contribution in [0.3, 0.4) is 0 Å². The quantitative estimate of drug-likeness (QED) is 0.345. The van der Waals surface area contributed by atoms with Gasteiger partial charge in [0.25, 0.3) is 0 Å². The Labute approximate surface area is 111 Å². The van der Waals surface area contributed by atoms with E-state index in [0.717, 1.165) is 0 Å². The minimum Gasteiger partial charge on any atom is -0.329 e. The monoisotopic (exact) mass is 129 g/mol. The van der Waals surface area contributed by atoms with Crippen LogP contribution in [0.4, 0.5) is 0 Å². The maximum atomic E-state index is 4.90. The second-order valence-electron chi connectivity index (χ2n) is 0.577. The van der Waals surface area contributed by atoms with Crippen molar-refractivity contribution in [3.8, 4) is 0 Å². The maximum absolute atomic E-state index is 4.90. The first-order chi connectivity index (χ1) is 1.91. The SMILES string of the molecule is NCCN.[Na+].[Na+].[Na+]. The first kappa shape index (κ1) is 22.5. The Morgan fingerprint density at radius 1 is 0.714 bits per heavy atom. The molecule has 0 fully saturated rings. The van der Waals surface area contributed by atoms with E-state index in [0.29, 0.717) is 13.1 Å². The van der Waals surface area contributed by atoms with Crippen LogP contribution >= 0.6 is 0 Å². The zero-order valence-electron chi connectivity index (χ0n) is 5.57. The maximum Gasteiger partial charge on any atom is 1.00 e. The van der Waals surface area contributed by atoms with Gasteiger partial charge < -0.3 is 11.5 Å². The standard InChI is InChI=1S/C2H8N2.3Na/c3-1-2-4;;;/h1-4H2;;;/q;3*+1. The summed E-state index contributed by atoms with van der Waals surface area (Å²) in [6, 6.07) is 0. The molecule has 0 aromatic heterocycles. The summed E-state index contributed by atoms with van der Waals surface area (Å²) in [4.78, 5) is 0. The van der Waals surface area contributed by atoms with E-state index >= 15 is 0 Å². The van der Waals surface area contributed by atoms with Gasteiger partial charge in [0, 0.05) is 13.1 Å². The Morgan fingerprint density at radius 3 is 0.857 bits per heavy atom. The van der Waals surface area contributed by atoms with Crippen LogP contribution in [0.2, 0.25) is 0 Å². The van der Waals surface area contributed by atoms with Crippen LogP contribution in [0.1, 0.15) is 0 Å². The molecule has 5 heteroatoms. The van der Waals surface area contributed by atoms with Gasteiger partial charge in [0.05, 0.1) is 0 Å². The summed E-state index contributed by atoms with van der Waals surface area (Å²) >= 11 is 0. The van der Waals surface area contributed by atoms with E-state index in [4.69, 9.17) is 11.5 Å². The Morgan fingerprint density at radius 2 is 0.857 bits per heavy atom. The molecule has 0 saturated carbocycles. The normalized spacial score (nSPS) is 4.29. The molecule has 4 N–H and O–H groups in total. The minimum absolute atomic E-state index is 0. The summed E-state index contributed by atoms with van der Waals surface area (Å²) in [7, 11) is 0. The molecule has 0 saturated heterocycles. The van der Waals surface area contributed by atoms with Gasteiger partial charge in [-0.1, -0.05) is 0 Å². The Hall–Kier alpha value is 2.92. The summed E-state index contributed by atoms with van der Waals surface area (Å²) in [6.45, 7) is 1.19. The number of hydrogen-bond donors (Lipinski definition) is 2. The first-order valence-corrected chi connectivity index (χ1v) is 1.32. The summed E-state index contributed by atoms with van der Waals surface area (Å²) < 4.78 is 0. The zero-order valence-corrected chi connectivity index (χ0v) is 11.6. The van der Waals surface area contributed by atoms with Crippen molar-refractivity contribution in [3.63, 3.8) is 0 Å². The van der Waals surface area contributed by atoms with Gasteiger partial charge in [-0.05, 0) is 0 Å². The molecule has 0 aromatic carbocycles. The van der Waals surface area contributed by atoms with Gasteiger partial charge in [-0.2, -0.15) is 0 Å². The average Bonchev–Trinajstić information content (AvgIpc) is 1.37. The van der Waals surface area contributed by atoms with Gasteiger partial charge in [-0.15, -0.1) is 0 Å². The number of hydrogen-bond acceptors (Lipinski definition) is 2. The van der Waals surface area contributed by atoms with Crippen LogP contribution < -0.4 is 100 Å². The fourth-order valence-corrected chi connectivity index (χ4v) is 0. The third-order valence-electron chi connectivity index (χ3n) is 0.167. The van der Waals surface area contributed by atoms with E-state index in [1.54, 1.807) is 0 Å².